The normalized spacial score (nSPS) is 16.3. The second-order valence-corrected chi connectivity index (χ2v) is 5.91. The smallest absolute Gasteiger partial charge is 0.254 e. The number of halogens is 1. The minimum absolute atomic E-state index is 0. The SMILES string of the molecule is COc1ccc(CN(C)C(=O)C2(OC)CCNCC2)cc1C.Cl. The first-order valence-electron chi connectivity index (χ1n) is 7.67. The average Bonchev–Trinajstić information content (AvgIpc) is 2.55. The van der Waals surface area contributed by atoms with E-state index in [0.29, 0.717) is 19.4 Å². The first-order chi connectivity index (χ1) is 10.5. The number of amides is 1. The van der Waals surface area contributed by atoms with Crippen LogP contribution in [0.4, 0.5) is 0 Å². The maximum absolute atomic E-state index is 12.8. The number of rotatable bonds is 5. The number of carbonyl (C=O) groups excluding carboxylic acids is 1. The molecule has 0 aliphatic carbocycles. The number of hydrogen-bond donors (Lipinski definition) is 1. The summed E-state index contributed by atoms with van der Waals surface area (Å²) in [4.78, 5) is 14.6. The van der Waals surface area contributed by atoms with Crippen LogP contribution in [-0.2, 0) is 16.1 Å². The van der Waals surface area contributed by atoms with E-state index in [9.17, 15) is 4.79 Å². The molecule has 2 rings (SSSR count). The van der Waals surface area contributed by atoms with Crippen LogP contribution in [0, 0.1) is 6.92 Å². The molecule has 1 aromatic carbocycles. The molecule has 6 heteroatoms. The fourth-order valence-corrected chi connectivity index (χ4v) is 3.07. The third-order valence-electron chi connectivity index (χ3n) is 4.42. The second-order valence-electron chi connectivity index (χ2n) is 5.91. The Kier molecular flexibility index (Phi) is 7.32. The van der Waals surface area contributed by atoms with E-state index >= 15 is 0 Å². The highest BCUT2D eigenvalue weighted by molar-refractivity contribution is 5.85. The fourth-order valence-electron chi connectivity index (χ4n) is 3.07. The molecular weight excluding hydrogens is 316 g/mol. The molecule has 1 aliphatic rings. The molecule has 1 saturated heterocycles. The largest absolute Gasteiger partial charge is 0.496 e. The van der Waals surface area contributed by atoms with Crippen LogP contribution in [0.1, 0.15) is 24.0 Å². The molecule has 0 saturated carbocycles. The summed E-state index contributed by atoms with van der Waals surface area (Å²) in [6, 6.07) is 6.00. The van der Waals surface area contributed by atoms with Crippen molar-refractivity contribution in [2.75, 3.05) is 34.4 Å². The number of likely N-dealkylation sites (N-methyl/N-ethyl adjacent to an activating group) is 1. The molecule has 1 heterocycles. The van der Waals surface area contributed by atoms with Gasteiger partial charge in [0.1, 0.15) is 11.4 Å². The van der Waals surface area contributed by atoms with Gasteiger partial charge in [0, 0.05) is 20.7 Å². The topological polar surface area (TPSA) is 50.8 Å². The standard InChI is InChI=1S/C17H26N2O3.ClH/c1-13-11-14(5-6-15(13)21-3)12-19(2)16(20)17(22-4)7-9-18-10-8-17;/h5-6,11,18H,7-10,12H2,1-4H3;1H. The summed E-state index contributed by atoms with van der Waals surface area (Å²) in [6.07, 6.45) is 1.43. The minimum atomic E-state index is -0.679. The monoisotopic (exact) mass is 342 g/mol. The number of piperidine rings is 1. The van der Waals surface area contributed by atoms with E-state index in [4.69, 9.17) is 9.47 Å². The van der Waals surface area contributed by atoms with E-state index in [1.165, 1.54) is 0 Å². The van der Waals surface area contributed by atoms with Crippen LogP contribution in [0.5, 0.6) is 5.75 Å². The molecule has 1 amide bonds. The Balaban J connectivity index is 0.00000264. The Morgan fingerprint density at radius 3 is 2.48 bits per heavy atom. The number of ether oxygens (including phenoxy) is 2. The lowest BCUT2D eigenvalue weighted by Gasteiger charge is -2.37. The van der Waals surface area contributed by atoms with Crippen molar-refractivity contribution in [3.8, 4) is 5.75 Å². The number of nitrogens with one attached hydrogen (secondary N) is 1. The maximum atomic E-state index is 12.8. The van der Waals surface area contributed by atoms with Gasteiger partial charge in [0.25, 0.3) is 5.91 Å². The van der Waals surface area contributed by atoms with E-state index in [2.05, 4.69) is 11.4 Å². The zero-order valence-electron chi connectivity index (χ0n) is 14.3. The first kappa shape index (κ1) is 19.7. The molecule has 0 aromatic heterocycles. The van der Waals surface area contributed by atoms with Crippen LogP contribution >= 0.6 is 12.4 Å². The van der Waals surface area contributed by atoms with Gasteiger partial charge in [-0.15, -0.1) is 12.4 Å². The molecule has 23 heavy (non-hydrogen) atoms. The van der Waals surface area contributed by atoms with Gasteiger partial charge in [0.15, 0.2) is 0 Å². The quantitative estimate of drug-likeness (QED) is 0.891. The molecule has 0 atom stereocenters. The van der Waals surface area contributed by atoms with Crippen molar-refractivity contribution in [3.63, 3.8) is 0 Å². The Hall–Kier alpha value is -1.30. The number of benzene rings is 1. The first-order valence-corrected chi connectivity index (χ1v) is 7.67. The van der Waals surface area contributed by atoms with Crippen molar-refractivity contribution in [3.05, 3.63) is 29.3 Å². The molecule has 5 nitrogen and oxygen atoms in total. The van der Waals surface area contributed by atoms with Crippen LogP contribution in [0.2, 0.25) is 0 Å². The number of nitrogens with zero attached hydrogens (tertiary/aromatic N) is 1. The van der Waals surface area contributed by atoms with Gasteiger partial charge in [-0.05, 0) is 50.0 Å². The van der Waals surface area contributed by atoms with Crippen molar-refractivity contribution in [2.45, 2.75) is 31.9 Å². The Bertz CT molecular complexity index is 531. The zero-order valence-corrected chi connectivity index (χ0v) is 15.2. The van der Waals surface area contributed by atoms with Gasteiger partial charge in [0.2, 0.25) is 0 Å². The van der Waals surface area contributed by atoms with Gasteiger partial charge in [-0.1, -0.05) is 12.1 Å². The lowest BCUT2D eigenvalue weighted by molar-refractivity contribution is -0.157. The third kappa shape index (κ3) is 4.37. The number of aryl methyl sites for hydroxylation is 1. The van der Waals surface area contributed by atoms with Crippen LogP contribution in [0.25, 0.3) is 0 Å². The summed E-state index contributed by atoms with van der Waals surface area (Å²) in [5, 5.41) is 3.27. The molecule has 1 aromatic rings. The Morgan fingerprint density at radius 2 is 1.96 bits per heavy atom. The number of hydrogen-bond acceptors (Lipinski definition) is 4. The highest BCUT2D eigenvalue weighted by Gasteiger charge is 2.41. The molecule has 0 bridgehead atoms. The summed E-state index contributed by atoms with van der Waals surface area (Å²) in [5.41, 5.74) is 1.49. The predicted octanol–water partition coefficient (Wildman–Crippen LogP) is 2.15. The van der Waals surface area contributed by atoms with Gasteiger partial charge in [0.05, 0.1) is 7.11 Å². The predicted molar refractivity (Wildman–Crippen MR) is 93.3 cm³/mol. The van der Waals surface area contributed by atoms with Crippen molar-refractivity contribution < 1.29 is 14.3 Å². The summed E-state index contributed by atoms with van der Waals surface area (Å²) >= 11 is 0. The van der Waals surface area contributed by atoms with Crippen LogP contribution in [0.15, 0.2) is 18.2 Å². The summed E-state index contributed by atoms with van der Waals surface area (Å²) < 4.78 is 10.9. The Labute approximate surface area is 144 Å². The van der Waals surface area contributed by atoms with Crippen LogP contribution in [-0.4, -0.2) is 50.8 Å². The molecule has 1 N–H and O–H groups in total. The zero-order chi connectivity index (χ0) is 16.2. The second kappa shape index (κ2) is 8.52. The van der Waals surface area contributed by atoms with Gasteiger partial charge < -0.3 is 19.7 Å². The lowest BCUT2D eigenvalue weighted by Crippen LogP contribution is -2.54. The summed E-state index contributed by atoms with van der Waals surface area (Å²) in [5.74, 6) is 0.925. The molecule has 1 aliphatic heterocycles. The van der Waals surface area contributed by atoms with Crippen LogP contribution in [0.3, 0.4) is 0 Å². The molecule has 0 unspecified atom stereocenters. The van der Waals surface area contributed by atoms with Crippen molar-refractivity contribution >= 4 is 18.3 Å². The molecule has 1 fully saturated rings. The van der Waals surface area contributed by atoms with E-state index in [0.717, 1.165) is 30.0 Å². The van der Waals surface area contributed by atoms with E-state index < -0.39 is 5.60 Å². The highest BCUT2D eigenvalue weighted by atomic mass is 35.5. The van der Waals surface area contributed by atoms with E-state index in [1.807, 2.05) is 26.1 Å². The van der Waals surface area contributed by atoms with E-state index in [-0.39, 0.29) is 18.3 Å². The molecule has 0 spiro atoms. The van der Waals surface area contributed by atoms with Crippen LogP contribution < -0.4 is 10.1 Å². The average molecular weight is 343 g/mol. The molecule has 130 valence electrons. The Morgan fingerprint density at radius 1 is 1.30 bits per heavy atom. The van der Waals surface area contributed by atoms with Gasteiger partial charge in [-0.2, -0.15) is 0 Å². The third-order valence-corrected chi connectivity index (χ3v) is 4.42. The van der Waals surface area contributed by atoms with Crippen molar-refractivity contribution in [1.82, 2.24) is 10.2 Å². The fraction of sp³-hybridized carbons (Fsp3) is 0.588. The summed E-state index contributed by atoms with van der Waals surface area (Å²) in [7, 11) is 5.14. The lowest BCUT2D eigenvalue weighted by atomic mass is 9.90. The van der Waals surface area contributed by atoms with Gasteiger partial charge >= 0.3 is 0 Å². The van der Waals surface area contributed by atoms with Gasteiger partial charge in [-0.25, -0.2) is 0 Å². The maximum Gasteiger partial charge on any atom is 0.254 e. The van der Waals surface area contributed by atoms with Gasteiger partial charge in [-0.3, -0.25) is 4.79 Å². The van der Waals surface area contributed by atoms with Crippen molar-refractivity contribution in [2.24, 2.45) is 0 Å². The number of methoxy groups -OCH3 is 2. The number of carbonyl (C=O) groups is 1. The summed E-state index contributed by atoms with van der Waals surface area (Å²) in [6.45, 7) is 4.21. The highest BCUT2D eigenvalue weighted by Crippen LogP contribution is 2.26. The molecular formula is C17H27ClN2O3. The minimum Gasteiger partial charge on any atom is -0.496 e. The molecule has 0 radical (unpaired) electrons. The van der Waals surface area contributed by atoms with E-state index in [1.54, 1.807) is 19.1 Å². The van der Waals surface area contributed by atoms with Crippen molar-refractivity contribution in [1.29, 1.82) is 0 Å².